The summed E-state index contributed by atoms with van der Waals surface area (Å²) in [5.41, 5.74) is -0.803. The molecule has 2 heterocycles. The van der Waals surface area contributed by atoms with E-state index in [-0.39, 0.29) is 19.6 Å². The number of carbonyl (C=O) groups excluding carboxylic acids is 2. The second kappa shape index (κ2) is 10.7. The molecule has 2 fully saturated rings. The number of carboxylic acids is 1. The van der Waals surface area contributed by atoms with E-state index in [2.05, 4.69) is 15.3 Å². The first-order valence-corrected chi connectivity index (χ1v) is 11.7. The van der Waals surface area contributed by atoms with Gasteiger partial charge in [0.05, 0.1) is 13.0 Å². The quantitative estimate of drug-likeness (QED) is 0.323. The number of hydrogen-bond donors (Lipinski definition) is 3. The maximum Gasteiger partial charge on any atom is 0.407 e. The van der Waals surface area contributed by atoms with Gasteiger partial charge in [0, 0.05) is 18.5 Å². The molecule has 0 radical (unpaired) electrons. The van der Waals surface area contributed by atoms with Crippen LogP contribution in [0.4, 0.5) is 0 Å². The van der Waals surface area contributed by atoms with Gasteiger partial charge in [-0.25, -0.2) is 9.65 Å². The van der Waals surface area contributed by atoms with Crippen molar-refractivity contribution in [2.24, 2.45) is 5.41 Å². The van der Waals surface area contributed by atoms with Crippen molar-refractivity contribution in [1.29, 1.82) is 0 Å². The van der Waals surface area contributed by atoms with Crippen LogP contribution in [0.25, 0.3) is 0 Å². The van der Waals surface area contributed by atoms with Crippen LogP contribution in [0, 0.1) is 5.41 Å². The molecule has 30 heavy (non-hydrogen) atoms. The van der Waals surface area contributed by atoms with Gasteiger partial charge in [-0.15, -0.1) is 0 Å². The molecule has 11 nitrogen and oxygen atoms in total. The van der Waals surface area contributed by atoms with Crippen molar-refractivity contribution in [3.63, 3.8) is 0 Å². The fraction of sp³-hybridized carbons (Fsp3) is 0.833. The number of aliphatic carboxylic acids is 1. The van der Waals surface area contributed by atoms with Crippen LogP contribution >= 0.6 is 7.75 Å². The van der Waals surface area contributed by atoms with Gasteiger partial charge in [-0.3, -0.25) is 28.3 Å². The molecule has 0 aromatic rings. The third-order valence-electron chi connectivity index (χ3n) is 5.02. The third-order valence-corrected chi connectivity index (χ3v) is 6.68. The van der Waals surface area contributed by atoms with Crippen molar-refractivity contribution in [3.8, 4) is 0 Å². The van der Waals surface area contributed by atoms with Gasteiger partial charge >= 0.3 is 19.7 Å². The van der Waals surface area contributed by atoms with E-state index in [1.165, 1.54) is 19.8 Å². The summed E-state index contributed by atoms with van der Waals surface area (Å²) in [5.74, 6) is -2.20. The molecule has 2 saturated heterocycles. The van der Waals surface area contributed by atoms with Crippen molar-refractivity contribution < 1.29 is 37.8 Å². The lowest BCUT2D eigenvalue weighted by Crippen LogP contribution is -2.51. The van der Waals surface area contributed by atoms with E-state index < -0.39 is 43.2 Å². The van der Waals surface area contributed by atoms with E-state index in [0.717, 1.165) is 13.1 Å². The molecule has 0 aliphatic carbocycles. The molecule has 0 aromatic carbocycles. The Labute approximate surface area is 176 Å². The van der Waals surface area contributed by atoms with Gasteiger partial charge in [0.2, 0.25) is 5.91 Å². The predicted octanol–water partition coefficient (Wildman–Crippen LogP) is 0.744. The molecular formula is C18H32N3O8P. The minimum absolute atomic E-state index is 0.00134. The number of rotatable bonds is 10. The van der Waals surface area contributed by atoms with Crippen LogP contribution in [0.1, 0.15) is 40.0 Å². The van der Waals surface area contributed by atoms with E-state index in [0.29, 0.717) is 13.2 Å². The molecule has 0 aromatic heterocycles. The Morgan fingerprint density at radius 2 is 1.97 bits per heavy atom. The van der Waals surface area contributed by atoms with Crippen molar-refractivity contribution in [1.82, 2.24) is 15.3 Å². The third kappa shape index (κ3) is 7.31. The lowest BCUT2D eigenvalue weighted by atomic mass is 9.87. The van der Waals surface area contributed by atoms with Gasteiger partial charge in [0.25, 0.3) is 0 Å². The molecule has 2 rings (SSSR count). The number of nitrogens with zero attached hydrogens (tertiary/aromatic N) is 1. The highest BCUT2D eigenvalue weighted by Crippen LogP contribution is 2.53. The molecule has 1 amide bonds. The molecule has 3 N–H and O–H groups in total. The summed E-state index contributed by atoms with van der Waals surface area (Å²) in [5, 5.41) is 13.9. The minimum Gasteiger partial charge on any atom is -0.480 e. The average molecular weight is 449 g/mol. The molecule has 0 saturated carbocycles. The maximum absolute atomic E-state index is 12.7. The van der Waals surface area contributed by atoms with E-state index in [9.17, 15) is 18.9 Å². The van der Waals surface area contributed by atoms with Crippen LogP contribution < -0.4 is 10.4 Å². The lowest BCUT2D eigenvalue weighted by molar-refractivity contribution is -0.144. The summed E-state index contributed by atoms with van der Waals surface area (Å²) in [6.45, 7) is 7.75. The van der Waals surface area contributed by atoms with Gasteiger partial charge in [0.15, 0.2) is 6.10 Å². The molecule has 172 valence electrons. The highest BCUT2D eigenvalue weighted by molar-refractivity contribution is 7.51. The summed E-state index contributed by atoms with van der Waals surface area (Å²) in [7, 11) is -3.98. The van der Waals surface area contributed by atoms with Crippen LogP contribution in [0.15, 0.2) is 0 Å². The van der Waals surface area contributed by atoms with E-state index in [1.807, 2.05) is 0 Å². The summed E-state index contributed by atoms with van der Waals surface area (Å²) >= 11 is 0. The Morgan fingerprint density at radius 3 is 2.60 bits per heavy atom. The fourth-order valence-corrected chi connectivity index (χ4v) is 5.09. The molecule has 0 spiro atoms. The SMILES string of the molecule is C[C@H](NP1(=O)OCC(C)(C)[C@H](C(=O)NCCC(=O)OCCN2CCCC2)O1)C(=O)O. The first-order chi connectivity index (χ1) is 14.0. The van der Waals surface area contributed by atoms with Gasteiger partial charge < -0.3 is 15.2 Å². The monoisotopic (exact) mass is 449 g/mol. The van der Waals surface area contributed by atoms with Gasteiger partial charge in [-0.05, 0) is 32.9 Å². The minimum atomic E-state index is -3.98. The zero-order chi connectivity index (χ0) is 22.4. The largest absolute Gasteiger partial charge is 0.480 e. The number of carboxylic acid groups (broad SMARTS) is 1. The Bertz CT molecular complexity index is 680. The second-order valence-electron chi connectivity index (χ2n) is 8.24. The molecular weight excluding hydrogens is 417 g/mol. The highest BCUT2D eigenvalue weighted by Gasteiger charge is 2.48. The van der Waals surface area contributed by atoms with Gasteiger partial charge in [-0.1, -0.05) is 13.8 Å². The Morgan fingerprint density at radius 1 is 1.30 bits per heavy atom. The average Bonchev–Trinajstić information content (AvgIpc) is 3.17. The van der Waals surface area contributed by atoms with Crippen molar-refractivity contribution in [3.05, 3.63) is 0 Å². The highest BCUT2D eigenvalue weighted by atomic mass is 31.2. The molecule has 12 heteroatoms. The van der Waals surface area contributed by atoms with E-state index in [4.69, 9.17) is 18.9 Å². The summed E-state index contributed by atoms with van der Waals surface area (Å²) in [6.07, 6.45) is 1.20. The fourth-order valence-electron chi connectivity index (χ4n) is 3.15. The molecule has 0 bridgehead atoms. The molecule has 2 aliphatic rings. The normalized spacial score (nSPS) is 27.4. The number of carbonyl (C=O) groups is 3. The Balaban J connectivity index is 1.78. The number of amides is 1. The lowest BCUT2D eigenvalue weighted by Gasteiger charge is -2.40. The summed E-state index contributed by atoms with van der Waals surface area (Å²) in [6, 6.07) is -1.18. The van der Waals surface area contributed by atoms with Crippen LogP contribution in [-0.4, -0.2) is 79.4 Å². The van der Waals surface area contributed by atoms with Gasteiger partial charge in [-0.2, -0.15) is 0 Å². The maximum atomic E-state index is 12.7. The van der Waals surface area contributed by atoms with E-state index >= 15 is 0 Å². The van der Waals surface area contributed by atoms with Crippen molar-refractivity contribution in [2.75, 3.05) is 39.4 Å². The second-order valence-corrected chi connectivity index (χ2v) is 9.97. The summed E-state index contributed by atoms with van der Waals surface area (Å²) in [4.78, 5) is 37.6. The molecule has 1 unspecified atom stereocenters. The molecule has 3 atom stereocenters. The van der Waals surface area contributed by atoms with Crippen molar-refractivity contribution >= 4 is 25.6 Å². The van der Waals surface area contributed by atoms with Crippen LogP contribution in [-0.2, 0) is 32.7 Å². The first-order valence-electron chi connectivity index (χ1n) is 10.1. The van der Waals surface area contributed by atoms with Crippen LogP contribution in [0.3, 0.4) is 0 Å². The predicted molar refractivity (Wildman–Crippen MR) is 107 cm³/mol. The summed E-state index contributed by atoms with van der Waals surface area (Å²) < 4.78 is 28.4. The van der Waals surface area contributed by atoms with E-state index in [1.54, 1.807) is 13.8 Å². The number of ether oxygens (including phenoxy) is 1. The van der Waals surface area contributed by atoms with Gasteiger partial charge in [0.1, 0.15) is 12.6 Å². The number of nitrogens with one attached hydrogen (secondary N) is 2. The number of esters is 1. The van der Waals surface area contributed by atoms with Crippen LogP contribution in [0.2, 0.25) is 0 Å². The number of likely N-dealkylation sites (tertiary alicyclic amines) is 1. The zero-order valence-corrected chi connectivity index (χ0v) is 18.6. The number of hydrogen-bond acceptors (Lipinski definition) is 8. The van der Waals surface area contributed by atoms with Crippen molar-refractivity contribution in [2.45, 2.75) is 52.2 Å². The Hall–Kier alpha value is -1.52. The Kier molecular flexibility index (Phi) is 8.81. The smallest absolute Gasteiger partial charge is 0.407 e. The molecule has 2 aliphatic heterocycles. The zero-order valence-electron chi connectivity index (χ0n) is 17.7. The first kappa shape index (κ1) is 24.7. The topological polar surface area (TPSA) is 144 Å². The standard InChI is InChI=1S/C18H32N3O8P/c1-13(17(24)25)20-30(26)28-12-18(2,3)15(29-30)16(23)19-7-6-14(22)27-11-10-21-8-4-5-9-21/h13,15H,4-12H2,1-3H3,(H,19,23)(H,20,26)(H,24,25)/t13-,15-,30?/m0/s1. The van der Waals surface area contributed by atoms with Crippen LogP contribution in [0.5, 0.6) is 0 Å².